The molecule has 0 heterocycles. The van der Waals surface area contributed by atoms with E-state index in [1.807, 2.05) is 6.08 Å². The zero-order chi connectivity index (χ0) is 9.78. The lowest BCUT2D eigenvalue weighted by Gasteiger charge is -1.90. The number of rotatable bonds is 8. The summed E-state index contributed by atoms with van der Waals surface area (Å²) in [7, 11) is 0. The van der Waals surface area contributed by atoms with Gasteiger partial charge in [-0.15, -0.1) is 0 Å². The van der Waals surface area contributed by atoms with Crippen molar-refractivity contribution in [3.8, 4) is 0 Å². The Bertz CT molecular complexity index is 157. The van der Waals surface area contributed by atoms with Crippen molar-refractivity contribution in [3.05, 3.63) is 24.3 Å². The summed E-state index contributed by atoms with van der Waals surface area (Å²) in [5.41, 5.74) is 0. The molecule has 1 nitrogen and oxygen atoms in total. The fourth-order valence-corrected chi connectivity index (χ4v) is 1.06. The molecule has 1 heteroatoms. The second kappa shape index (κ2) is 11.2. The first-order valence-corrected chi connectivity index (χ1v) is 5.17. The molecule has 0 radical (unpaired) electrons. The molecule has 13 heavy (non-hydrogen) atoms. The minimum Gasteiger partial charge on any atom is -0.299 e. The maximum atomic E-state index is 9.91. The molecular formula is C12H20O. The lowest BCUT2D eigenvalue weighted by Crippen LogP contribution is -1.71. The van der Waals surface area contributed by atoms with Gasteiger partial charge in [-0.05, 0) is 31.8 Å². The monoisotopic (exact) mass is 180 g/mol. The van der Waals surface area contributed by atoms with Crippen molar-refractivity contribution in [3.63, 3.8) is 0 Å². The summed E-state index contributed by atoms with van der Waals surface area (Å²) in [6.45, 7) is 2.21. The normalized spacial score (nSPS) is 11.5. The van der Waals surface area contributed by atoms with Crippen molar-refractivity contribution in [2.24, 2.45) is 0 Å². The van der Waals surface area contributed by atoms with Gasteiger partial charge in [0.05, 0.1) is 0 Å². The minimum absolute atomic E-state index is 0.830. The fourth-order valence-electron chi connectivity index (χ4n) is 1.06. The quantitative estimate of drug-likeness (QED) is 0.241. The molecule has 0 aliphatic carbocycles. The summed E-state index contributed by atoms with van der Waals surface area (Å²) in [4.78, 5) is 9.91. The Morgan fingerprint density at radius 1 is 0.923 bits per heavy atom. The molecule has 0 rings (SSSR count). The van der Waals surface area contributed by atoms with Crippen molar-refractivity contribution >= 4 is 6.29 Å². The van der Waals surface area contributed by atoms with E-state index < -0.39 is 0 Å². The molecule has 0 aliphatic heterocycles. The van der Waals surface area contributed by atoms with Gasteiger partial charge in [0, 0.05) is 0 Å². The van der Waals surface area contributed by atoms with Crippen molar-refractivity contribution in [1.29, 1.82) is 0 Å². The summed E-state index contributed by atoms with van der Waals surface area (Å²) in [6, 6.07) is 0. The number of aldehydes is 1. The van der Waals surface area contributed by atoms with Crippen LogP contribution in [0.4, 0.5) is 0 Å². The van der Waals surface area contributed by atoms with Gasteiger partial charge in [0.1, 0.15) is 6.29 Å². The highest BCUT2D eigenvalue weighted by Crippen LogP contribution is 2.00. The van der Waals surface area contributed by atoms with Crippen molar-refractivity contribution in [2.75, 3.05) is 0 Å². The van der Waals surface area contributed by atoms with E-state index in [1.165, 1.54) is 19.3 Å². The Morgan fingerprint density at radius 3 is 2.15 bits per heavy atom. The van der Waals surface area contributed by atoms with Gasteiger partial charge in [-0.2, -0.15) is 0 Å². The standard InChI is InChI=1S/C12H20O/c1-2-3-4-5-6-7-8-9-10-11-12-13/h5-6,10-12H,2-4,7-9H2,1H3/b6-5+,11-10+. The number of carbonyl (C=O) groups is 1. The summed E-state index contributed by atoms with van der Waals surface area (Å²) < 4.78 is 0. The van der Waals surface area contributed by atoms with E-state index in [0.29, 0.717) is 0 Å². The first-order chi connectivity index (χ1) is 6.41. The lowest BCUT2D eigenvalue weighted by atomic mass is 10.2. The maximum Gasteiger partial charge on any atom is 0.142 e. The van der Waals surface area contributed by atoms with E-state index in [-0.39, 0.29) is 0 Å². The van der Waals surface area contributed by atoms with Crippen molar-refractivity contribution < 1.29 is 4.79 Å². The van der Waals surface area contributed by atoms with Gasteiger partial charge in [0.15, 0.2) is 0 Å². The number of hydrogen-bond acceptors (Lipinski definition) is 1. The molecule has 74 valence electrons. The first-order valence-electron chi connectivity index (χ1n) is 5.17. The van der Waals surface area contributed by atoms with Crippen LogP contribution >= 0.6 is 0 Å². The van der Waals surface area contributed by atoms with Crippen LogP contribution in [0.1, 0.15) is 45.4 Å². The topological polar surface area (TPSA) is 17.1 Å². The summed E-state index contributed by atoms with van der Waals surface area (Å²) in [5, 5.41) is 0. The van der Waals surface area contributed by atoms with Crippen LogP contribution in [0.15, 0.2) is 24.3 Å². The molecule has 0 aliphatic rings. The molecule has 0 saturated heterocycles. The summed E-state index contributed by atoms with van der Waals surface area (Å²) in [6.07, 6.45) is 15.9. The van der Waals surface area contributed by atoms with E-state index in [0.717, 1.165) is 25.5 Å². The number of carbonyl (C=O) groups excluding carboxylic acids is 1. The van der Waals surface area contributed by atoms with Crippen molar-refractivity contribution in [1.82, 2.24) is 0 Å². The van der Waals surface area contributed by atoms with Gasteiger partial charge >= 0.3 is 0 Å². The molecule has 0 aromatic rings. The highest BCUT2D eigenvalue weighted by atomic mass is 16.1. The van der Waals surface area contributed by atoms with Crippen LogP contribution in [-0.4, -0.2) is 6.29 Å². The van der Waals surface area contributed by atoms with E-state index in [9.17, 15) is 4.79 Å². The largest absolute Gasteiger partial charge is 0.299 e. The second-order valence-corrected chi connectivity index (χ2v) is 3.11. The molecule has 0 N–H and O–H groups in total. The Labute approximate surface area is 81.5 Å². The Hall–Kier alpha value is -0.850. The zero-order valence-electron chi connectivity index (χ0n) is 8.54. The van der Waals surface area contributed by atoms with Crippen LogP contribution in [0.2, 0.25) is 0 Å². The van der Waals surface area contributed by atoms with E-state index >= 15 is 0 Å². The smallest absolute Gasteiger partial charge is 0.142 e. The molecule has 0 bridgehead atoms. The molecule has 0 saturated carbocycles. The van der Waals surface area contributed by atoms with Gasteiger partial charge in [0.2, 0.25) is 0 Å². The Balaban J connectivity index is 3.10. The first kappa shape index (κ1) is 12.2. The number of allylic oxidation sites excluding steroid dienone is 4. The molecule has 0 aromatic carbocycles. The molecule has 0 unspecified atom stereocenters. The van der Waals surface area contributed by atoms with Crippen LogP contribution in [0.5, 0.6) is 0 Å². The summed E-state index contributed by atoms with van der Waals surface area (Å²) >= 11 is 0. The van der Waals surface area contributed by atoms with Crippen LogP contribution in [0.3, 0.4) is 0 Å². The third-order valence-electron chi connectivity index (χ3n) is 1.85. The van der Waals surface area contributed by atoms with Gasteiger partial charge in [-0.25, -0.2) is 0 Å². The van der Waals surface area contributed by atoms with Crippen LogP contribution in [0, 0.1) is 0 Å². The molecule has 0 aromatic heterocycles. The predicted octanol–water partition coefficient (Wildman–Crippen LogP) is 3.66. The molecular weight excluding hydrogens is 160 g/mol. The molecule has 0 fully saturated rings. The van der Waals surface area contributed by atoms with Crippen molar-refractivity contribution in [2.45, 2.75) is 45.4 Å². The molecule has 0 spiro atoms. The predicted molar refractivity (Wildman–Crippen MR) is 57.7 cm³/mol. The second-order valence-electron chi connectivity index (χ2n) is 3.11. The Kier molecular flexibility index (Phi) is 10.4. The highest BCUT2D eigenvalue weighted by Gasteiger charge is 1.81. The number of unbranched alkanes of at least 4 members (excludes halogenated alkanes) is 4. The number of hydrogen-bond donors (Lipinski definition) is 0. The van der Waals surface area contributed by atoms with Gasteiger partial charge in [0.25, 0.3) is 0 Å². The highest BCUT2D eigenvalue weighted by molar-refractivity contribution is 5.64. The van der Waals surface area contributed by atoms with Crippen LogP contribution in [0.25, 0.3) is 0 Å². The summed E-state index contributed by atoms with van der Waals surface area (Å²) in [5.74, 6) is 0. The van der Waals surface area contributed by atoms with Gasteiger partial charge in [-0.1, -0.05) is 38.0 Å². The average Bonchev–Trinajstić information content (AvgIpc) is 2.16. The van der Waals surface area contributed by atoms with E-state index in [1.54, 1.807) is 6.08 Å². The fraction of sp³-hybridized carbons (Fsp3) is 0.583. The minimum atomic E-state index is 0.830. The molecule has 0 amide bonds. The third kappa shape index (κ3) is 11.1. The van der Waals surface area contributed by atoms with E-state index in [2.05, 4.69) is 19.1 Å². The van der Waals surface area contributed by atoms with Gasteiger partial charge < -0.3 is 0 Å². The average molecular weight is 180 g/mol. The van der Waals surface area contributed by atoms with Gasteiger partial charge in [-0.3, -0.25) is 4.79 Å². The van der Waals surface area contributed by atoms with Crippen LogP contribution in [-0.2, 0) is 4.79 Å². The zero-order valence-corrected chi connectivity index (χ0v) is 8.54. The third-order valence-corrected chi connectivity index (χ3v) is 1.85. The Morgan fingerprint density at radius 2 is 1.54 bits per heavy atom. The SMILES string of the molecule is CCCC/C=C/CCC/C=C/C=O. The van der Waals surface area contributed by atoms with Crippen LogP contribution < -0.4 is 0 Å². The maximum absolute atomic E-state index is 9.91. The van der Waals surface area contributed by atoms with E-state index in [4.69, 9.17) is 0 Å². The molecule has 0 atom stereocenters. The lowest BCUT2D eigenvalue weighted by molar-refractivity contribution is -0.104.